The third-order valence-corrected chi connectivity index (χ3v) is 14.0. The molecule has 0 aliphatic heterocycles. The number of phosphoric acid groups is 1. The van der Waals surface area contributed by atoms with Gasteiger partial charge in [0.05, 0.1) is 19.8 Å². The molecule has 0 bridgehead atoms. The number of hydrogen-bond acceptors (Lipinski definition) is 10. The van der Waals surface area contributed by atoms with E-state index in [-0.39, 0.29) is 25.9 Å². The van der Waals surface area contributed by atoms with E-state index in [4.69, 9.17) is 23.3 Å². The predicted molar refractivity (Wildman–Crippen MR) is 325 cm³/mol. The van der Waals surface area contributed by atoms with Crippen molar-refractivity contribution in [3.05, 3.63) is 97.2 Å². The van der Waals surface area contributed by atoms with Crippen molar-refractivity contribution in [3.63, 3.8) is 0 Å². The van der Waals surface area contributed by atoms with Crippen LogP contribution in [0.2, 0.25) is 0 Å². The van der Waals surface area contributed by atoms with Gasteiger partial charge in [-0.05, 0) is 89.9 Å². The molecule has 0 heterocycles. The van der Waals surface area contributed by atoms with Crippen LogP contribution in [0.1, 0.15) is 265 Å². The van der Waals surface area contributed by atoms with Crippen molar-refractivity contribution >= 4 is 25.7 Å². The highest BCUT2D eigenvalue weighted by atomic mass is 31.2. The van der Waals surface area contributed by atoms with E-state index in [9.17, 15) is 28.9 Å². The number of phosphoric ester groups is 1. The molecule has 0 saturated heterocycles. The Hall–Kier alpha value is -3.60. The first kappa shape index (κ1) is 74.4. The Morgan fingerprint density at radius 3 is 1.10 bits per heavy atom. The van der Waals surface area contributed by atoms with Gasteiger partial charge in [-0.25, -0.2) is 4.57 Å². The molecule has 12 heteroatoms. The lowest BCUT2D eigenvalue weighted by molar-refractivity contribution is -0.161. The number of aliphatic hydroxyl groups excluding tert-OH is 1. The molecule has 0 amide bonds. The first-order valence-electron chi connectivity index (χ1n) is 31.1. The van der Waals surface area contributed by atoms with E-state index < -0.39 is 57.8 Å². The Morgan fingerprint density at radius 2 is 0.692 bits per heavy atom. The molecule has 3 unspecified atom stereocenters. The van der Waals surface area contributed by atoms with Crippen molar-refractivity contribution in [2.24, 2.45) is 0 Å². The second kappa shape index (κ2) is 59.5. The molecular weight excluding hydrogens is 1000 g/mol. The average Bonchev–Trinajstić information content (AvgIpc) is 3.43. The third-order valence-electron chi connectivity index (χ3n) is 13.0. The Labute approximate surface area is 476 Å². The quantitative estimate of drug-likeness (QED) is 0.0197. The highest BCUT2D eigenvalue weighted by molar-refractivity contribution is 7.47. The molecule has 0 radical (unpaired) electrons. The topological polar surface area (TPSA) is 155 Å². The highest BCUT2D eigenvalue weighted by Crippen LogP contribution is 2.43. The molecule has 0 fully saturated rings. The van der Waals surface area contributed by atoms with Crippen molar-refractivity contribution in [1.82, 2.24) is 0 Å². The SMILES string of the molecule is CC/C=C\C/C=C\C/C=C\C/C=C\C/C=C\C/C=C\CCC(=O)OCC(COP(=O)(O)OCC(CO)OC(=O)CCCCCCC/C=C\C/C=C\CCCCC)OC(=O)CCCCCCCCCCCCCCCCCCC. The molecule has 0 aliphatic rings. The van der Waals surface area contributed by atoms with Gasteiger partial charge >= 0.3 is 25.7 Å². The van der Waals surface area contributed by atoms with Crippen LogP contribution in [-0.2, 0) is 42.2 Å². The molecule has 11 nitrogen and oxygen atoms in total. The lowest BCUT2D eigenvalue weighted by Crippen LogP contribution is -2.30. The van der Waals surface area contributed by atoms with E-state index in [1.807, 2.05) is 12.2 Å². The van der Waals surface area contributed by atoms with Crippen LogP contribution in [-0.4, -0.2) is 66.5 Å². The van der Waals surface area contributed by atoms with Crippen LogP contribution in [0.15, 0.2) is 97.2 Å². The zero-order valence-corrected chi connectivity index (χ0v) is 50.5. The van der Waals surface area contributed by atoms with Gasteiger partial charge in [-0.3, -0.25) is 23.4 Å². The number of rotatable bonds is 57. The van der Waals surface area contributed by atoms with E-state index in [0.29, 0.717) is 19.3 Å². The fraction of sp³-hybridized carbons (Fsp3) is 0.712. The summed E-state index contributed by atoms with van der Waals surface area (Å²) in [4.78, 5) is 48.6. The number of aliphatic hydroxyl groups is 1. The average molecular weight is 1110 g/mol. The molecule has 2 N–H and O–H groups in total. The molecule has 0 aromatic carbocycles. The number of allylic oxidation sites excluding steroid dienone is 16. The second-order valence-electron chi connectivity index (χ2n) is 20.5. The fourth-order valence-corrected chi connectivity index (χ4v) is 9.08. The zero-order chi connectivity index (χ0) is 56.9. The molecule has 3 atom stereocenters. The number of unbranched alkanes of at least 4 members (excludes halogenated alkanes) is 24. The van der Waals surface area contributed by atoms with Crippen molar-refractivity contribution < 1.29 is 52.2 Å². The van der Waals surface area contributed by atoms with E-state index in [0.717, 1.165) is 103 Å². The fourth-order valence-electron chi connectivity index (χ4n) is 8.30. The predicted octanol–water partition coefficient (Wildman–Crippen LogP) is 18.8. The lowest BCUT2D eigenvalue weighted by Gasteiger charge is -2.21. The summed E-state index contributed by atoms with van der Waals surface area (Å²) in [6, 6.07) is 0. The van der Waals surface area contributed by atoms with Crippen LogP contribution in [0, 0.1) is 0 Å². The highest BCUT2D eigenvalue weighted by Gasteiger charge is 2.28. The minimum atomic E-state index is -4.77. The van der Waals surface area contributed by atoms with Gasteiger partial charge in [-0.15, -0.1) is 0 Å². The van der Waals surface area contributed by atoms with E-state index in [2.05, 4.69) is 106 Å². The summed E-state index contributed by atoms with van der Waals surface area (Å²) in [5, 5.41) is 9.83. The van der Waals surface area contributed by atoms with Crippen molar-refractivity contribution in [2.75, 3.05) is 26.4 Å². The van der Waals surface area contributed by atoms with Crippen LogP contribution in [0.3, 0.4) is 0 Å². The zero-order valence-electron chi connectivity index (χ0n) is 49.6. The normalized spacial score (nSPS) is 14.0. The number of carbonyl (C=O) groups excluding carboxylic acids is 3. The summed E-state index contributed by atoms with van der Waals surface area (Å²) in [5.74, 6) is -1.57. The van der Waals surface area contributed by atoms with Gasteiger partial charge in [-0.2, -0.15) is 0 Å². The van der Waals surface area contributed by atoms with Crippen molar-refractivity contribution in [2.45, 2.75) is 277 Å². The minimum Gasteiger partial charge on any atom is -0.462 e. The van der Waals surface area contributed by atoms with Crippen LogP contribution < -0.4 is 0 Å². The van der Waals surface area contributed by atoms with Crippen LogP contribution in [0.5, 0.6) is 0 Å². The van der Waals surface area contributed by atoms with Gasteiger partial charge in [0.1, 0.15) is 12.7 Å². The van der Waals surface area contributed by atoms with E-state index in [1.165, 1.54) is 103 Å². The molecule has 78 heavy (non-hydrogen) atoms. The number of esters is 3. The summed E-state index contributed by atoms with van der Waals surface area (Å²) in [7, 11) is -4.77. The summed E-state index contributed by atoms with van der Waals surface area (Å²) in [6.07, 6.45) is 70.9. The molecule has 0 spiro atoms. The Bertz CT molecular complexity index is 1680. The molecule has 448 valence electrons. The first-order valence-corrected chi connectivity index (χ1v) is 32.6. The summed E-state index contributed by atoms with van der Waals surface area (Å²) >= 11 is 0. The maximum absolute atomic E-state index is 12.9. The Kier molecular flexibility index (Phi) is 56.8. The first-order chi connectivity index (χ1) is 38.2. The van der Waals surface area contributed by atoms with Crippen LogP contribution in [0.4, 0.5) is 0 Å². The largest absolute Gasteiger partial charge is 0.472 e. The molecule has 0 rings (SSSR count). The molecule has 0 aromatic rings. The van der Waals surface area contributed by atoms with Gasteiger partial charge in [0, 0.05) is 19.3 Å². The van der Waals surface area contributed by atoms with Crippen molar-refractivity contribution in [3.8, 4) is 0 Å². The van der Waals surface area contributed by atoms with Gasteiger partial charge in [0.15, 0.2) is 6.10 Å². The summed E-state index contributed by atoms with van der Waals surface area (Å²) in [5.41, 5.74) is 0. The standard InChI is InChI=1S/C66H113O11P/c1-4-7-10-13-16-19-22-25-28-30-31-33-35-37-40-43-46-49-52-55-64(68)73-59-63(77-66(70)57-54-51-48-45-42-39-36-32-29-26-23-20-17-14-11-8-5-2)61-75-78(71,72)74-60-62(58-67)76-65(69)56-53-50-47-44-41-38-34-27-24-21-18-15-12-9-6-3/h7,10,16,18-19,21,25,27-28,31,33-34,37,40,46,49,62-63,67H,4-6,8-9,11-15,17,20,22-24,26,29-30,32,35-36,38-39,41-45,47-48,50-61H2,1-3H3,(H,71,72)/b10-7-,19-16-,21-18-,28-25-,33-31-,34-27-,40-37-,49-46-. The van der Waals surface area contributed by atoms with E-state index in [1.54, 1.807) is 0 Å². The molecular formula is C66H113O11P. The molecule has 0 saturated carbocycles. The van der Waals surface area contributed by atoms with Crippen LogP contribution >= 0.6 is 7.82 Å². The maximum Gasteiger partial charge on any atom is 0.472 e. The molecule has 0 aromatic heterocycles. The monoisotopic (exact) mass is 1110 g/mol. The van der Waals surface area contributed by atoms with Gasteiger partial charge < -0.3 is 24.2 Å². The number of carbonyl (C=O) groups is 3. The summed E-state index contributed by atoms with van der Waals surface area (Å²) < 4.78 is 39.5. The summed E-state index contributed by atoms with van der Waals surface area (Å²) in [6.45, 7) is 4.43. The lowest BCUT2D eigenvalue weighted by atomic mass is 10.0. The number of hydrogen-bond donors (Lipinski definition) is 2. The molecule has 0 aliphatic carbocycles. The van der Waals surface area contributed by atoms with Gasteiger partial charge in [0.25, 0.3) is 0 Å². The third kappa shape index (κ3) is 57.1. The maximum atomic E-state index is 12.9. The van der Waals surface area contributed by atoms with Crippen molar-refractivity contribution in [1.29, 1.82) is 0 Å². The van der Waals surface area contributed by atoms with E-state index >= 15 is 0 Å². The van der Waals surface area contributed by atoms with Gasteiger partial charge in [-0.1, -0.05) is 253 Å². The Balaban J connectivity index is 4.82. The van der Waals surface area contributed by atoms with Gasteiger partial charge in [0.2, 0.25) is 0 Å². The van der Waals surface area contributed by atoms with Crippen LogP contribution in [0.25, 0.3) is 0 Å². The number of ether oxygens (including phenoxy) is 3. The second-order valence-corrected chi connectivity index (χ2v) is 21.9. The smallest absolute Gasteiger partial charge is 0.462 e. The Morgan fingerprint density at radius 1 is 0.372 bits per heavy atom. The minimum absolute atomic E-state index is 0.0986.